The van der Waals surface area contributed by atoms with Crippen molar-refractivity contribution in [2.45, 2.75) is 43.2 Å². The zero-order chi connectivity index (χ0) is 14.5. The maximum absolute atomic E-state index is 6.40. The van der Waals surface area contributed by atoms with Crippen molar-refractivity contribution in [2.24, 2.45) is 0 Å². The molecule has 2 rings (SSSR count). The Kier molecular flexibility index (Phi) is 6.60. The van der Waals surface area contributed by atoms with Crippen LogP contribution in [-0.2, 0) is 6.42 Å². The largest absolute Gasteiger partial charge is 0.316 e. The van der Waals surface area contributed by atoms with E-state index in [-0.39, 0.29) is 0 Å². The molecule has 3 atom stereocenters. The second kappa shape index (κ2) is 7.98. The lowest BCUT2D eigenvalue weighted by molar-refractivity contribution is 0.517. The first-order valence-corrected chi connectivity index (χ1v) is 9.78. The average molecular weight is 330 g/mol. The minimum absolute atomic E-state index is 0.498. The van der Waals surface area contributed by atoms with Crippen molar-refractivity contribution in [2.75, 3.05) is 18.6 Å². The summed E-state index contributed by atoms with van der Waals surface area (Å²) in [5, 5.41) is 5.88. The van der Waals surface area contributed by atoms with E-state index in [0.29, 0.717) is 11.3 Å². The molecule has 0 bridgehead atoms. The molecule has 1 aromatic rings. The van der Waals surface area contributed by atoms with E-state index in [4.69, 9.17) is 11.6 Å². The normalized spacial score (nSPS) is 24.6. The minimum Gasteiger partial charge on any atom is -0.316 e. The summed E-state index contributed by atoms with van der Waals surface area (Å²) >= 11 is 10.7. The maximum Gasteiger partial charge on any atom is 0.0441 e. The summed E-state index contributed by atoms with van der Waals surface area (Å²) in [5.74, 6) is 2.56. The Hall–Kier alpha value is 0.170. The van der Waals surface area contributed by atoms with Crippen molar-refractivity contribution < 1.29 is 0 Å². The molecule has 4 heteroatoms. The Morgan fingerprint density at radius 2 is 2.10 bits per heavy atom. The molecule has 1 aliphatic rings. The Morgan fingerprint density at radius 1 is 1.35 bits per heavy atom. The lowest BCUT2D eigenvalue weighted by Crippen LogP contribution is -2.45. The standard InChI is InChI=1S/C16H24ClNS2/c1-4-15-16(20-8-7-19-15)14(18-3)10-12-6-5-11(2)9-13(12)17/h5-6,9,14-16,18H,4,7-8,10H2,1-3H3. The number of likely N-dealkylation sites (N-methyl/N-ethyl adjacent to an activating group) is 1. The van der Waals surface area contributed by atoms with Crippen LogP contribution in [0.25, 0.3) is 0 Å². The highest BCUT2D eigenvalue weighted by molar-refractivity contribution is 8.07. The third-order valence-corrected chi connectivity index (χ3v) is 7.67. The van der Waals surface area contributed by atoms with Gasteiger partial charge in [0.2, 0.25) is 0 Å². The van der Waals surface area contributed by atoms with Gasteiger partial charge in [-0.1, -0.05) is 30.7 Å². The predicted octanol–water partition coefficient (Wildman–Crippen LogP) is 4.41. The molecule has 0 amide bonds. The van der Waals surface area contributed by atoms with E-state index in [1.165, 1.54) is 29.1 Å². The van der Waals surface area contributed by atoms with E-state index in [2.05, 4.69) is 67.9 Å². The zero-order valence-corrected chi connectivity index (χ0v) is 14.9. The fraction of sp³-hybridized carbons (Fsp3) is 0.625. The van der Waals surface area contributed by atoms with Gasteiger partial charge in [-0.3, -0.25) is 0 Å². The summed E-state index contributed by atoms with van der Waals surface area (Å²) in [6, 6.07) is 6.92. The number of aryl methyl sites for hydroxylation is 1. The van der Waals surface area contributed by atoms with Crippen LogP contribution >= 0.6 is 35.1 Å². The van der Waals surface area contributed by atoms with Crippen LogP contribution in [0.4, 0.5) is 0 Å². The van der Waals surface area contributed by atoms with Gasteiger partial charge in [-0.2, -0.15) is 23.5 Å². The van der Waals surface area contributed by atoms with Crippen molar-refractivity contribution >= 4 is 35.1 Å². The van der Waals surface area contributed by atoms with Gasteiger partial charge < -0.3 is 5.32 Å². The van der Waals surface area contributed by atoms with Crippen LogP contribution < -0.4 is 5.32 Å². The van der Waals surface area contributed by atoms with Crippen molar-refractivity contribution in [1.29, 1.82) is 0 Å². The first-order chi connectivity index (χ1) is 9.65. The molecule has 20 heavy (non-hydrogen) atoms. The van der Waals surface area contributed by atoms with Crippen LogP contribution in [0.15, 0.2) is 18.2 Å². The van der Waals surface area contributed by atoms with Gasteiger partial charge in [-0.05, 0) is 44.0 Å². The second-order valence-electron chi connectivity index (χ2n) is 5.35. The lowest BCUT2D eigenvalue weighted by Gasteiger charge is -2.36. The monoisotopic (exact) mass is 329 g/mol. The molecule has 3 unspecified atom stereocenters. The Morgan fingerprint density at radius 3 is 2.75 bits per heavy atom. The van der Waals surface area contributed by atoms with Crippen molar-refractivity contribution in [3.05, 3.63) is 34.3 Å². The van der Waals surface area contributed by atoms with E-state index in [0.717, 1.165) is 16.7 Å². The first-order valence-electron chi connectivity index (χ1n) is 7.31. The molecule has 1 saturated heterocycles. The molecule has 0 saturated carbocycles. The number of hydrogen-bond acceptors (Lipinski definition) is 3. The summed E-state index contributed by atoms with van der Waals surface area (Å²) in [7, 11) is 2.08. The number of rotatable bonds is 5. The zero-order valence-electron chi connectivity index (χ0n) is 12.5. The molecule has 0 aliphatic carbocycles. The lowest BCUT2D eigenvalue weighted by atomic mass is 9.99. The summed E-state index contributed by atoms with van der Waals surface area (Å²) in [5.41, 5.74) is 2.50. The molecule has 0 spiro atoms. The van der Waals surface area contributed by atoms with Crippen LogP contribution in [0.1, 0.15) is 24.5 Å². The summed E-state index contributed by atoms with van der Waals surface area (Å²) in [6.45, 7) is 4.40. The minimum atomic E-state index is 0.498. The molecule has 1 aliphatic heterocycles. The van der Waals surface area contributed by atoms with Crippen molar-refractivity contribution in [1.82, 2.24) is 5.32 Å². The van der Waals surface area contributed by atoms with Gasteiger partial charge in [-0.25, -0.2) is 0 Å². The highest BCUT2D eigenvalue weighted by Gasteiger charge is 2.31. The van der Waals surface area contributed by atoms with Crippen LogP contribution in [0, 0.1) is 6.92 Å². The molecule has 1 N–H and O–H groups in total. The molecule has 1 nitrogen and oxygen atoms in total. The van der Waals surface area contributed by atoms with Crippen LogP contribution in [0.2, 0.25) is 5.02 Å². The third kappa shape index (κ3) is 4.09. The third-order valence-electron chi connectivity index (χ3n) is 3.91. The fourth-order valence-corrected chi connectivity index (χ4v) is 6.36. The molecule has 1 heterocycles. The number of benzene rings is 1. The molecule has 0 radical (unpaired) electrons. The quantitative estimate of drug-likeness (QED) is 0.859. The van der Waals surface area contributed by atoms with Gasteiger partial charge in [-0.15, -0.1) is 0 Å². The molecule has 1 aromatic carbocycles. The molecule has 112 valence electrons. The molecule has 0 aromatic heterocycles. The smallest absolute Gasteiger partial charge is 0.0441 e. The fourth-order valence-electron chi connectivity index (χ4n) is 2.75. The Labute approximate surface area is 136 Å². The number of thioether (sulfide) groups is 2. The van der Waals surface area contributed by atoms with Gasteiger partial charge in [0.05, 0.1) is 0 Å². The number of hydrogen-bond donors (Lipinski definition) is 1. The van der Waals surface area contributed by atoms with E-state index >= 15 is 0 Å². The summed E-state index contributed by atoms with van der Waals surface area (Å²) < 4.78 is 0. The molecular weight excluding hydrogens is 306 g/mol. The summed E-state index contributed by atoms with van der Waals surface area (Å²) in [6.07, 6.45) is 2.27. The Balaban J connectivity index is 2.11. The van der Waals surface area contributed by atoms with Gasteiger partial charge in [0.15, 0.2) is 0 Å². The molecule has 1 fully saturated rings. The van der Waals surface area contributed by atoms with Gasteiger partial charge >= 0.3 is 0 Å². The van der Waals surface area contributed by atoms with E-state index in [9.17, 15) is 0 Å². The first kappa shape index (κ1) is 16.5. The van der Waals surface area contributed by atoms with Gasteiger partial charge in [0, 0.05) is 33.1 Å². The van der Waals surface area contributed by atoms with Crippen molar-refractivity contribution in [3.8, 4) is 0 Å². The summed E-state index contributed by atoms with van der Waals surface area (Å²) in [4.78, 5) is 0. The highest BCUT2D eigenvalue weighted by atomic mass is 35.5. The van der Waals surface area contributed by atoms with E-state index in [1.54, 1.807) is 0 Å². The maximum atomic E-state index is 6.40. The Bertz CT molecular complexity index is 438. The van der Waals surface area contributed by atoms with E-state index < -0.39 is 0 Å². The SMILES string of the molecule is CCC1SCCSC1C(Cc1ccc(C)cc1Cl)NC. The number of nitrogens with one attached hydrogen (secondary N) is 1. The van der Waals surface area contributed by atoms with Crippen LogP contribution in [0.5, 0.6) is 0 Å². The van der Waals surface area contributed by atoms with E-state index in [1.807, 2.05) is 0 Å². The second-order valence-corrected chi connectivity index (χ2v) is 8.39. The van der Waals surface area contributed by atoms with Crippen LogP contribution in [-0.4, -0.2) is 35.1 Å². The predicted molar refractivity (Wildman–Crippen MR) is 95.5 cm³/mol. The van der Waals surface area contributed by atoms with Crippen LogP contribution in [0.3, 0.4) is 0 Å². The highest BCUT2D eigenvalue weighted by Crippen LogP contribution is 2.36. The number of halogens is 1. The van der Waals surface area contributed by atoms with Gasteiger partial charge in [0.1, 0.15) is 0 Å². The molecular formula is C16H24ClNS2. The topological polar surface area (TPSA) is 12.0 Å². The van der Waals surface area contributed by atoms with Gasteiger partial charge in [0.25, 0.3) is 0 Å². The van der Waals surface area contributed by atoms with Crippen molar-refractivity contribution in [3.63, 3.8) is 0 Å². The average Bonchev–Trinajstić information content (AvgIpc) is 2.46.